The minimum atomic E-state index is 0.525. The maximum atomic E-state index is 5.78. The number of hydrogen-bond acceptors (Lipinski definition) is 3. The Morgan fingerprint density at radius 2 is 1.00 bits per heavy atom. The average Bonchev–Trinajstić information content (AvgIpc) is 3.19. The second kappa shape index (κ2) is 6.97. The standard InChI is InChI=1S/C22H16N2O/c1-3-7-17(8-4-1)11-12-18-13-15-20(16-14-18)22-24-23-21(25-22)19-9-5-2-6-10-19/h1-16H. The molecular weight excluding hydrogens is 308 g/mol. The van der Waals surface area contributed by atoms with E-state index in [9.17, 15) is 0 Å². The summed E-state index contributed by atoms with van der Waals surface area (Å²) in [7, 11) is 0. The summed E-state index contributed by atoms with van der Waals surface area (Å²) in [5.74, 6) is 1.06. The van der Waals surface area contributed by atoms with Crippen LogP contribution in [0, 0.1) is 0 Å². The fourth-order valence-electron chi connectivity index (χ4n) is 2.53. The molecule has 4 aromatic rings. The van der Waals surface area contributed by atoms with Gasteiger partial charge >= 0.3 is 0 Å². The van der Waals surface area contributed by atoms with E-state index in [0.717, 1.165) is 16.7 Å². The van der Waals surface area contributed by atoms with Crippen LogP contribution in [-0.2, 0) is 0 Å². The van der Waals surface area contributed by atoms with Gasteiger partial charge in [-0.25, -0.2) is 0 Å². The van der Waals surface area contributed by atoms with Gasteiger partial charge in [-0.05, 0) is 35.4 Å². The Balaban J connectivity index is 1.53. The fourth-order valence-corrected chi connectivity index (χ4v) is 2.53. The van der Waals surface area contributed by atoms with E-state index in [2.05, 4.69) is 34.5 Å². The Bertz CT molecular complexity index is 971. The molecule has 0 unspecified atom stereocenters. The minimum absolute atomic E-state index is 0.525. The van der Waals surface area contributed by atoms with Crippen molar-refractivity contribution in [3.8, 4) is 22.9 Å². The lowest BCUT2D eigenvalue weighted by Gasteiger charge is -1.97. The lowest BCUT2D eigenvalue weighted by Crippen LogP contribution is -1.79. The Morgan fingerprint density at radius 1 is 0.520 bits per heavy atom. The average molecular weight is 324 g/mol. The molecule has 0 saturated carbocycles. The molecule has 1 aromatic heterocycles. The predicted molar refractivity (Wildman–Crippen MR) is 101 cm³/mol. The van der Waals surface area contributed by atoms with Crippen LogP contribution >= 0.6 is 0 Å². The molecule has 0 spiro atoms. The van der Waals surface area contributed by atoms with Crippen molar-refractivity contribution in [1.29, 1.82) is 0 Å². The molecule has 0 bridgehead atoms. The van der Waals surface area contributed by atoms with Crippen molar-refractivity contribution in [2.45, 2.75) is 0 Å². The van der Waals surface area contributed by atoms with Crippen LogP contribution < -0.4 is 0 Å². The Labute approximate surface area is 146 Å². The molecule has 3 aromatic carbocycles. The molecule has 0 radical (unpaired) electrons. The molecular formula is C22H16N2O. The molecule has 25 heavy (non-hydrogen) atoms. The van der Waals surface area contributed by atoms with E-state index >= 15 is 0 Å². The minimum Gasteiger partial charge on any atom is -0.416 e. The van der Waals surface area contributed by atoms with Gasteiger partial charge in [-0.2, -0.15) is 0 Å². The largest absolute Gasteiger partial charge is 0.416 e. The molecule has 0 aliphatic rings. The number of rotatable bonds is 4. The molecule has 120 valence electrons. The fraction of sp³-hybridized carbons (Fsp3) is 0. The highest BCUT2D eigenvalue weighted by Gasteiger charge is 2.09. The van der Waals surface area contributed by atoms with Crippen molar-refractivity contribution in [2.24, 2.45) is 0 Å². The lowest BCUT2D eigenvalue weighted by atomic mass is 10.1. The highest BCUT2D eigenvalue weighted by Crippen LogP contribution is 2.24. The van der Waals surface area contributed by atoms with Crippen LogP contribution in [0.3, 0.4) is 0 Å². The first-order valence-corrected chi connectivity index (χ1v) is 8.11. The zero-order chi connectivity index (χ0) is 16.9. The van der Waals surface area contributed by atoms with Crippen LogP contribution in [0.4, 0.5) is 0 Å². The normalized spacial score (nSPS) is 11.0. The van der Waals surface area contributed by atoms with Crippen LogP contribution in [0.15, 0.2) is 89.3 Å². The van der Waals surface area contributed by atoms with Crippen molar-refractivity contribution in [3.63, 3.8) is 0 Å². The van der Waals surface area contributed by atoms with E-state index in [1.54, 1.807) is 0 Å². The number of nitrogens with zero attached hydrogens (tertiary/aromatic N) is 2. The zero-order valence-corrected chi connectivity index (χ0v) is 13.5. The van der Waals surface area contributed by atoms with Crippen molar-refractivity contribution in [1.82, 2.24) is 10.2 Å². The van der Waals surface area contributed by atoms with E-state index < -0.39 is 0 Å². The summed E-state index contributed by atoms with van der Waals surface area (Å²) >= 11 is 0. The van der Waals surface area contributed by atoms with Gasteiger partial charge in [0.05, 0.1) is 0 Å². The summed E-state index contributed by atoms with van der Waals surface area (Å²) in [6.45, 7) is 0. The number of hydrogen-bond donors (Lipinski definition) is 0. The van der Waals surface area contributed by atoms with Gasteiger partial charge in [0, 0.05) is 11.1 Å². The first-order valence-electron chi connectivity index (χ1n) is 8.11. The highest BCUT2D eigenvalue weighted by atomic mass is 16.4. The second-order valence-electron chi connectivity index (χ2n) is 5.64. The van der Waals surface area contributed by atoms with E-state index in [-0.39, 0.29) is 0 Å². The summed E-state index contributed by atoms with van der Waals surface area (Å²) in [4.78, 5) is 0. The number of benzene rings is 3. The predicted octanol–water partition coefficient (Wildman–Crippen LogP) is 5.57. The monoisotopic (exact) mass is 324 g/mol. The van der Waals surface area contributed by atoms with E-state index in [0.29, 0.717) is 11.8 Å². The molecule has 0 N–H and O–H groups in total. The topological polar surface area (TPSA) is 38.9 Å². The van der Waals surface area contributed by atoms with Gasteiger partial charge in [0.15, 0.2) is 0 Å². The van der Waals surface area contributed by atoms with E-state index in [1.165, 1.54) is 5.56 Å². The van der Waals surface area contributed by atoms with Gasteiger partial charge in [-0.15, -0.1) is 10.2 Å². The third kappa shape index (κ3) is 3.56. The first kappa shape index (κ1) is 15.1. The molecule has 0 amide bonds. The summed E-state index contributed by atoms with van der Waals surface area (Å²) in [5.41, 5.74) is 4.13. The van der Waals surface area contributed by atoms with Gasteiger partial charge in [0.1, 0.15) is 0 Å². The maximum Gasteiger partial charge on any atom is 0.248 e. The van der Waals surface area contributed by atoms with Gasteiger partial charge in [0.25, 0.3) is 0 Å². The quantitative estimate of drug-likeness (QED) is 0.460. The Kier molecular flexibility index (Phi) is 4.21. The summed E-state index contributed by atoms with van der Waals surface area (Å²) in [6.07, 6.45) is 4.18. The molecule has 3 nitrogen and oxygen atoms in total. The summed E-state index contributed by atoms with van der Waals surface area (Å²) < 4.78 is 5.78. The van der Waals surface area contributed by atoms with Gasteiger partial charge in [-0.3, -0.25) is 0 Å². The molecule has 3 heteroatoms. The second-order valence-corrected chi connectivity index (χ2v) is 5.64. The van der Waals surface area contributed by atoms with Crippen molar-refractivity contribution < 1.29 is 4.42 Å². The van der Waals surface area contributed by atoms with Gasteiger partial charge in [0.2, 0.25) is 11.8 Å². The van der Waals surface area contributed by atoms with Gasteiger partial charge < -0.3 is 4.42 Å². The maximum absolute atomic E-state index is 5.78. The van der Waals surface area contributed by atoms with E-state index in [1.807, 2.05) is 72.8 Å². The van der Waals surface area contributed by atoms with Crippen LogP contribution in [-0.4, -0.2) is 10.2 Å². The van der Waals surface area contributed by atoms with Crippen molar-refractivity contribution in [3.05, 3.63) is 96.1 Å². The Hall–Kier alpha value is -3.46. The smallest absolute Gasteiger partial charge is 0.248 e. The Morgan fingerprint density at radius 3 is 1.60 bits per heavy atom. The van der Waals surface area contributed by atoms with E-state index in [4.69, 9.17) is 4.42 Å². The highest BCUT2D eigenvalue weighted by molar-refractivity contribution is 5.70. The van der Waals surface area contributed by atoms with Crippen molar-refractivity contribution in [2.75, 3.05) is 0 Å². The third-order valence-electron chi connectivity index (χ3n) is 3.87. The third-order valence-corrected chi connectivity index (χ3v) is 3.87. The molecule has 0 aliphatic carbocycles. The number of aromatic nitrogens is 2. The van der Waals surface area contributed by atoms with Crippen LogP contribution in [0.25, 0.3) is 35.1 Å². The van der Waals surface area contributed by atoms with Crippen LogP contribution in [0.2, 0.25) is 0 Å². The molecule has 1 heterocycles. The molecule has 0 saturated heterocycles. The zero-order valence-electron chi connectivity index (χ0n) is 13.5. The summed E-state index contributed by atoms with van der Waals surface area (Å²) in [6, 6.07) is 28.1. The molecule has 4 rings (SSSR count). The molecule has 0 aliphatic heterocycles. The molecule has 0 atom stereocenters. The van der Waals surface area contributed by atoms with Crippen molar-refractivity contribution >= 4 is 12.2 Å². The van der Waals surface area contributed by atoms with Gasteiger partial charge in [-0.1, -0.05) is 72.8 Å². The van der Waals surface area contributed by atoms with Crippen LogP contribution in [0.1, 0.15) is 11.1 Å². The SMILES string of the molecule is C(=Cc1ccc(-c2nnc(-c3ccccc3)o2)cc1)c1ccccc1. The van der Waals surface area contributed by atoms with Crippen LogP contribution in [0.5, 0.6) is 0 Å². The first-order chi connectivity index (χ1) is 12.4. The summed E-state index contributed by atoms with van der Waals surface area (Å²) in [5, 5.41) is 8.28. The lowest BCUT2D eigenvalue weighted by molar-refractivity contribution is 0.584. The molecule has 0 fully saturated rings.